The molecule has 4 nitrogen and oxygen atoms in total. The highest BCUT2D eigenvalue weighted by Gasteiger charge is 2.11. The number of phenols is 4. The molecule has 0 unspecified atom stereocenters. The van der Waals surface area contributed by atoms with Crippen molar-refractivity contribution in [3.8, 4) is 23.0 Å². The first kappa shape index (κ1) is 24.3. The van der Waals surface area contributed by atoms with Gasteiger partial charge in [-0.2, -0.15) is 0 Å². The monoisotopic (exact) mass is 712 g/mol. The van der Waals surface area contributed by atoms with Crippen LogP contribution in [0, 0.1) is 0 Å². The van der Waals surface area contributed by atoms with Gasteiger partial charge in [0.15, 0.2) is 0 Å². The third kappa shape index (κ3) is 6.01. The maximum Gasteiger partial charge on any atom is 0.144 e. The molecule has 0 aliphatic heterocycles. The minimum atomic E-state index is 0.129. The SMILES string of the molecule is BrBr.Oc1cc2c(Br)c(O)c(Br)cc2cc1Br.Oc1ccc2ccc(O)cc2c1. The number of hydrogen-bond acceptors (Lipinski definition) is 4. The van der Waals surface area contributed by atoms with Crippen LogP contribution in [0.5, 0.6) is 23.0 Å². The van der Waals surface area contributed by atoms with Crippen LogP contribution in [0.2, 0.25) is 0 Å². The molecule has 4 N–H and O–H groups in total. The molecule has 0 spiro atoms. The summed E-state index contributed by atoms with van der Waals surface area (Å²) in [5.74, 6) is 0.704. The lowest BCUT2D eigenvalue weighted by molar-refractivity contribution is 0.468. The fourth-order valence-electron chi connectivity index (χ4n) is 2.55. The third-order valence-corrected chi connectivity index (χ3v) is 5.92. The fraction of sp³-hybridized carbons (Fsp3) is 0. The number of rotatable bonds is 0. The number of hydrogen-bond donors (Lipinski definition) is 4. The Hall–Kier alpha value is -1.00. The van der Waals surface area contributed by atoms with Gasteiger partial charge in [-0.25, -0.2) is 0 Å². The number of aromatic hydroxyl groups is 4. The van der Waals surface area contributed by atoms with Crippen molar-refractivity contribution in [1.82, 2.24) is 0 Å². The average molecular weight is 717 g/mol. The van der Waals surface area contributed by atoms with Crippen molar-refractivity contribution in [2.24, 2.45) is 0 Å². The summed E-state index contributed by atoms with van der Waals surface area (Å²) in [5, 5.41) is 41.0. The Bertz CT molecular complexity index is 1120. The Kier molecular flexibility index (Phi) is 9.09. The first-order valence-electron chi connectivity index (χ1n) is 7.81. The van der Waals surface area contributed by atoms with E-state index in [0.717, 1.165) is 21.5 Å². The van der Waals surface area contributed by atoms with Crippen molar-refractivity contribution >= 4 is 97.6 Å². The predicted molar refractivity (Wildman–Crippen MR) is 136 cm³/mol. The second-order valence-electron chi connectivity index (χ2n) is 5.76. The second-order valence-corrected chi connectivity index (χ2v) is 8.26. The molecule has 0 atom stereocenters. The standard InChI is InChI=1S/C10H5Br3O2.C10H8O2.Br2/c11-6-1-4-2-7(12)10(15)9(13)5(4)3-8(6)14;11-9-3-1-7-2-4-10(12)6-8(7)5-9;1-2/h1-3,14-15H;1-6,11-12H;. The van der Waals surface area contributed by atoms with Gasteiger partial charge in [0.05, 0.1) is 13.4 Å². The van der Waals surface area contributed by atoms with E-state index in [-0.39, 0.29) is 23.0 Å². The number of benzene rings is 4. The molecule has 0 fully saturated rings. The van der Waals surface area contributed by atoms with Gasteiger partial charge < -0.3 is 20.4 Å². The molecule has 4 rings (SSSR count). The Balaban J connectivity index is 0.000000194. The Morgan fingerprint density at radius 3 is 1.62 bits per heavy atom. The van der Waals surface area contributed by atoms with Crippen LogP contribution in [0.1, 0.15) is 0 Å². The third-order valence-electron chi connectivity index (χ3n) is 3.88. The summed E-state index contributed by atoms with van der Waals surface area (Å²) in [6.45, 7) is 0. The maximum absolute atomic E-state index is 9.68. The molecular weight excluding hydrogens is 704 g/mol. The van der Waals surface area contributed by atoms with E-state index in [0.29, 0.717) is 13.4 Å². The zero-order valence-corrected chi connectivity index (χ0v) is 22.3. The van der Waals surface area contributed by atoms with Crippen LogP contribution >= 0.6 is 76.0 Å². The van der Waals surface area contributed by atoms with Crippen LogP contribution in [-0.2, 0) is 0 Å². The maximum atomic E-state index is 9.68. The summed E-state index contributed by atoms with van der Waals surface area (Å²) in [7, 11) is 0. The molecule has 0 heterocycles. The number of halogens is 5. The summed E-state index contributed by atoms with van der Waals surface area (Å²) < 4.78 is 1.80. The summed E-state index contributed by atoms with van der Waals surface area (Å²) >= 11 is 15.3. The van der Waals surface area contributed by atoms with E-state index in [1.165, 1.54) is 0 Å². The lowest BCUT2D eigenvalue weighted by atomic mass is 10.1. The molecular formula is C20H13Br5O4. The summed E-state index contributed by atoms with van der Waals surface area (Å²) in [6, 6.07) is 15.3. The lowest BCUT2D eigenvalue weighted by Crippen LogP contribution is -1.79. The molecule has 4 aromatic rings. The van der Waals surface area contributed by atoms with Crippen molar-refractivity contribution in [3.05, 3.63) is 68.0 Å². The normalized spacial score (nSPS) is 10.1. The van der Waals surface area contributed by atoms with Crippen LogP contribution in [0.3, 0.4) is 0 Å². The Labute approximate surface area is 207 Å². The molecule has 152 valence electrons. The van der Waals surface area contributed by atoms with Crippen LogP contribution in [0.4, 0.5) is 0 Å². The van der Waals surface area contributed by atoms with Gasteiger partial charge in [-0.05, 0) is 106 Å². The molecule has 9 heteroatoms. The zero-order valence-electron chi connectivity index (χ0n) is 14.4. The van der Waals surface area contributed by atoms with Gasteiger partial charge in [-0.1, -0.05) is 12.1 Å². The molecule has 0 radical (unpaired) electrons. The van der Waals surface area contributed by atoms with Gasteiger partial charge in [0.25, 0.3) is 0 Å². The van der Waals surface area contributed by atoms with Crippen molar-refractivity contribution in [2.75, 3.05) is 0 Å². The van der Waals surface area contributed by atoms with Gasteiger partial charge in [-0.3, -0.25) is 0 Å². The van der Waals surface area contributed by atoms with Gasteiger partial charge >= 0.3 is 0 Å². The summed E-state index contributed by atoms with van der Waals surface area (Å²) in [4.78, 5) is 0. The molecule has 0 aliphatic rings. The Morgan fingerprint density at radius 1 is 0.552 bits per heavy atom. The van der Waals surface area contributed by atoms with Crippen molar-refractivity contribution in [2.45, 2.75) is 0 Å². The molecule has 0 saturated heterocycles. The second kappa shape index (κ2) is 10.9. The van der Waals surface area contributed by atoms with E-state index in [1.807, 2.05) is 12.1 Å². The molecule has 0 aliphatic carbocycles. The van der Waals surface area contributed by atoms with Gasteiger partial charge in [0.2, 0.25) is 0 Å². The largest absolute Gasteiger partial charge is 0.508 e. The molecule has 4 aromatic carbocycles. The van der Waals surface area contributed by atoms with Crippen LogP contribution < -0.4 is 0 Å². The first-order chi connectivity index (χ1) is 13.8. The van der Waals surface area contributed by atoms with E-state index in [9.17, 15) is 10.2 Å². The highest BCUT2D eigenvalue weighted by atomic mass is 80.9. The van der Waals surface area contributed by atoms with Crippen LogP contribution in [0.15, 0.2) is 68.0 Å². The molecule has 0 amide bonds. The molecule has 29 heavy (non-hydrogen) atoms. The summed E-state index contributed by atoms with van der Waals surface area (Å²) in [6.07, 6.45) is 0. The van der Waals surface area contributed by atoms with Crippen molar-refractivity contribution in [3.63, 3.8) is 0 Å². The highest BCUT2D eigenvalue weighted by molar-refractivity contribution is 9.93. The molecule has 0 bridgehead atoms. The topological polar surface area (TPSA) is 80.9 Å². The molecule has 0 aromatic heterocycles. The first-order valence-corrected chi connectivity index (χ1v) is 13.9. The number of phenolic OH excluding ortho intramolecular Hbond substituents is 4. The van der Waals surface area contributed by atoms with E-state index in [4.69, 9.17) is 10.2 Å². The lowest BCUT2D eigenvalue weighted by Gasteiger charge is -2.07. The summed E-state index contributed by atoms with van der Waals surface area (Å²) in [5.41, 5.74) is 0. The van der Waals surface area contributed by atoms with E-state index in [2.05, 4.69) is 76.0 Å². The van der Waals surface area contributed by atoms with Gasteiger partial charge in [0.1, 0.15) is 23.0 Å². The fourth-order valence-corrected chi connectivity index (χ4v) is 4.17. The highest BCUT2D eigenvalue weighted by Crippen LogP contribution is 2.41. The number of fused-ring (bicyclic) bond motifs is 2. The van der Waals surface area contributed by atoms with Crippen LogP contribution in [-0.4, -0.2) is 20.4 Å². The minimum Gasteiger partial charge on any atom is -0.508 e. The van der Waals surface area contributed by atoms with E-state index >= 15 is 0 Å². The van der Waals surface area contributed by atoms with Gasteiger partial charge in [0, 0.05) is 33.6 Å². The van der Waals surface area contributed by atoms with Crippen molar-refractivity contribution < 1.29 is 20.4 Å². The zero-order chi connectivity index (χ0) is 21.7. The van der Waals surface area contributed by atoms with Crippen molar-refractivity contribution in [1.29, 1.82) is 0 Å². The van der Waals surface area contributed by atoms with E-state index < -0.39 is 0 Å². The Morgan fingerprint density at radius 2 is 1.07 bits per heavy atom. The predicted octanol–water partition coefficient (Wildman–Crippen LogP) is 8.48. The van der Waals surface area contributed by atoms with Gasteiger partial charge in [-0.15, -0.1) is 0 Å². The van der Waals surface area contributed by atoms with Crippen LogP contribution in [0.25, 0.3) is 21.5 Å². The average Bonchev–Trinajstić information content (AvgIpc) is 2.70. The quantitative estimate of drug-likeness (QED) is 0.147. The minimum absolute atomic E-state index is 0.129. The smallest absolute Gasteiger partial charge is 0.144 e. The van der Waals surface area contributed by atoms with E-state index in [1.54, 1.807) is 42.5 Å². The molecule has 0 saturated carbocycles.